The third-order valence-electron chi connectivity index (χ3n) is 3.15. The van der Waals surface area contributed by atoms with Crippen LogP contribution in [0.2, 0.25) is 5.02 Å². The normalized spacial score (nSPS) is 18.4. The zero-order valence-electron chi connectivity index (χ0n) is 10.7. The molecule has 3 nitrogen and oxygen atoms in total. The number of likely N-dealkylation sites (tertiary alicyclic amines) is 1. The summed E-state index contributed by atoms with van der Waals surface area (Å²) in [5.41, 5.74) is -0.222. The fourth-order valence-electron chi connectivity index (χ4n) is 2.11. The first-order chi connectivity index (χ1) is 9.54. The van der Waals surface area contributed by atoms with Gasteiger partial charge in [0.2, 0.25) is 0 Å². The molecule has 1 aromatic rings. The van der Waals surface area contributed by atoms with E-state index in [1.807, 2.05) is 0 Å². The molecule has 20 heavy (non-hydrogen) atoms. The molecule has 0 radical (unpaired) electrons. The van der Waals surface area contributed by atoms with Crippen LogP contribution in [-0.2, 0) is 4.74 Å². The van der Waals surface area contributed by atoms with Gasteiger partial charge < -0.3 is 9.64 Å². The maximum atomic E-state index is 13.8. The molecule has 108 valence electrons. The molecule has 1 amide bonds. The SMILES string of the molecule is C=CCO[C@@H]1CCN(C(=O)c2ccc(F)c(Cl)c2F)C1. The van der Waals surface area contributed by atoms with Crippen LogP contribution in [0, 0.1) is 11.6 Å². The van der Waals surface area contributed by atoms with Gasteiger partial charge in [0.1, 0.15) is 10.8 Å². The van der Waals surface area contributed by atoms with E-state index in [0.29, 0.717) is 26.1 Å². The summed E-state index contributed by atoms with van der Waals surface area (Å²) in [6, 6.07) is 2.09. The van der Waals surface area contributed by atoms with Crippen LogP contribution in [0.5, 0.6) is 0 Å². The molecule has 1 heterocycles. The standard InChI is InChI=1S/C14H14ClF2NO2/c1-2-7-20-9-5-6-18(8-9)14(19)10-3-4-11(16)12(15)13(10)17/h2-4,9H,1,5-8H2/t9-/m1/s1. The Hall–Kier alpha value is -1.46. The summed E-state index contributed by atoms with van der Waals surface area (Å²) in [5.74, 6) is -2.41. The van der Waals surface area contributed by atoms with Crippen LogP contribution >= 0.6 is 11.6 Å². The minimum absolute atomic E-state index is 0.0871. The molecule has 2 rings (SSSR count). The Balaban J connectivity index is 2.09. The van der Waals surface area contributed by atoms with Gasteiger partial charge >= 0.3 is 0 Å². The van der Waals surface area contributed by atoms with E-state index in [4.69, 9.17) is 16.3 Å². The third-order valence-corrected chi connectivity index (χ3v) is 3.49. The van der Waals surface area contributed by atoms with Crippen molar-refractivity contribution in [2.45, 2.75) is 12.5 Å². The van der Waals surface area contributed by atoms with Crippen molar-refractivity contribution in [1.82, 2.24) is 4.90 Å². The van der Waals surface area contributed by atoms with Gasteiger partial charge in [0.15, 0.2) is 5.82 Å². The predicted molar refractivity (Wildman–Crippen MR) is 71.8 cm³/mol. The number of nitrogens with zero attached hydrogens (tertiary/aromatic N) is 1. The average molecular weight is 302 g/mol. The molecule has 6 heteroatoms. The van der Waals surface area contributed by atoms with Gasteiger partial charge in [0.05, 0.1) is 18.3 Å². The van der Waals surface area contributed by atoms with E-state index < -0.39 is 22.6 Å². The predicted octanol–water partition coefficient (Wildman–Crippen LogP) is 3.04. The van der Waals surface area contributed by atoms with Gasteiger partial charge in [-0.25, -0.2) is 8.78 Å². The molecule has 1 saturated heterocycles. The maximum absolute atomic E-state index is 13.8. The number of carbonyl (C=O) groups is 1. The highest BCUT2D eigenvalue weighted by atomic mass is 35.5. The molecule has 0 bridgehead atoms. The summed E-state index contributed by atoms with van der Waals surface area (Å²) in [6.07, 6.45) is 2.22. The van der Waals surface area contributed by atoms with Crippen molar-refractivity contribution in [1.29, 1.82) is 0 Å². The Bertz CT molecular complexity index is 536. The van der Waals surface area contributed by atoms with Crippen LogP contribution in [0.15, 0.2) is 24.8 Å². The second-order valence-corrected chi connectivity index (χ2v) is 4.88. The quantitative estimate of drug-likeness (QED) is 0.632. The van der Waals surface area contributed by atoms with Gasteiger partial charge in [-0.1, -0.05) is 17.7 Å². The molecule has 1 fully saturated rings. The highest BCUT2D eigenvalue weighted by Gasteiger charge is 2.29. The van der Waals surface area contributed by atoms with Crippen molar-refractivity contribution < 1.29 is 18.3 Å². The fourth-order valence-corrected chi connectivity index (χ4v) is 2.28. The minimum Gasteiger partial charge on any atom is -0.372 e. The van der Waals surface area contributed by atoms with E-state index >= 15 is 0 Å². The molecular weight excluding hydrogens is 288 g/mol. The molecule has 0 N–H and O–H groups in total. The number of amides is 1. The van der Waals surface area contributed by atoms with Gasteiger partial charge in [-0.05, 0) is 18.6 Å². The van der Waals surface area contributed by atoms with E-state index in [1.165, 1.54) is 4.90 Å². The smallest absolute Gasteiger partial charge is 0.256 e. The molecule has 0 unspecified atom stereocenters. The Morgan fingerprint density at radius 2 is 2.30 bits per heavy atom. The van der Waals surface area contributed by atoms with Gasteiger partial charge in [-0.2, -0.15) is 0 Å². The lowest BCUT2D eigenvalue weighted by Gasteiger charge is -2.17. The zero-order valence-corrected chi connectivity index (χ0v) is 11.5. The lowest BCUT2D eigenvalue weighted by Crippen LogP contribution is -2.31. The zero-order chi connectivity index (χ0) is 14.7. The number of rotatable bonds is 4. The fraction of sp³-hybridized carbons (Fsp3) is 0.357. The first kappa shape index (κ1) is 14.9. The minimum atomic E-state index is -1.02. The summed E-state index contributed by atoms with van der Waals surface area (Å²) in [4.78, 5) is 13.7. The Morgan fingerprint density at radius 1 is 1.55 bits per heavy atom. The molecular formula is C14H14ClF2NO2. The third kappa shape index (κ3) is 2.99. The Labute approximate surface area is 120 Å². The van der Waals surface area contributed by atoms with Gasteiger partial charge in [0.25, 0.3) is 5.91 Å². The molecule has 0 spiro atoms. The number of halogens is 3. The number of hydrogen-bond acceptors (Lipinski definition) is 2. The van der Waals surface area contributed by atoms with Crippen molar-refractivity contribution in [3.63, 3.8) is 0 Å². The van der Waals surface area contributed by atoms with Crippen LogP contribution < -0.4 is 0 Å². The van der Waals surface area contributed by atoms with E-state index in [9.17, 15) is 13.6 Å². The van der Waals surface area contributed by atoms with Crippen LogP contribution in [0.25, 0.3) is 0 Å². The van der Waals surface area contributed by atoms with Gasteiger partial charge in [0, 0.05) is 13.1 Å². The van der Waals surface area contributed by atoms with Crippen molar-refractivity contribution in [3.05, 3.63) is 47.0 Å². The average Bonchev–Trinajstić information content (AvgIpc) is 2.91. The largest absolute Gasteiger partial charge is 0.372 e. The molecule has 1 aliphatic heterocycles. The van der Waals surface area contributed by atoms with Crippen LogP contribution in [-0.4, -0.2) is 36.6 Å². The van der Waals surface area contributed by atoms with Crippen LogP contribution in [0.3, 0.4) is 0 Å². The summed E-state index contributed by atoms with van der Waals surface area (Å²) >= 11 is 5.47. The van der Waals surface area contributed by atoms with E-state index in [2.05, 4.69) is 6.58 Å². The number of hydrogen-bond donors (Lipinski definition) is 0. The van der Waals surface area contributed by atoms with E-state index in [1.54, 1.807) is 6.08 Å². The van der Waals surface area contributed by atoms with Crippen LogP contribution in [0.1, 0.15) is 16.8 Å². The topological polar surface area (TPSA) is 29.5 Å². The lowest BCUT2D eigenvalue weighted by molar-refractivity contribution is 0.0651. The monoisotopic (exact) mass is 301 g/mol. The van der Waals surface area contributed by atoms with Crippen molar-refractivity contribution >= 4 is 17.5 Å². The molecule has 1 aliphatic rings. The highest BCUT2D eigenvalue weighted by molar-refractivity contribution is 6.31. The number of carbonyl (C=O) groups excluding carboxylic acids is 1. The van der Waals surface area contributed by atoms with Gasteiger partial charge in [-0.3, -0.25) is 4.79 Å². The molecule has 1 atom stereocenters. The second kappa shape index (κ2) is 6.33. The maximum Gasteiger partial charge on any atom is 0.256 e. The number of benzene rings is 1. The molecule has 0 aromatic heterocycles. The Kier molecular flexibility index (Phi) is 4.73. The molecule has 1 aromatic carbocycles. The number of ether oxygens (including phenoxy) is 1. The molecule has 0 saturated carbocycles. The molecule has 0 aliphatic carbocycles. The highest BCUT2D eigenvalue weighted by Crippen LogP contribution is 2.24. The first-order valence-electron chi connectivity index (χ1n) is 6.20. The lowest BCUT2D eigenvalue weighted by atomic mass is 10.2. The van der Waals surface area contributed by atoms with Crippen molar-refractivity contribution in [3.8, 4) is 0 Å². The second-order valence-electron chi connectivity index (χ2n) is 4.51. The first-order valence-corrected chi connectivity index (χ1v) is 6.57. The van der Waals surface area contributed by atoms with E-state index in [-0.39, 0.29) is 11.7 Å². The Morgan fingerprint density at radius 3 is 3.00 bits per heavy atom. The summed E-state index contributed by atoms with van der Waals surface area (Å²) in [7, 11) is 0. The summed E-state index contributed by atoms with van der Waals surface area (Å²) in [6.45, 7) is 4.80. The summed E-state index contributed by atoms with van der Waals surface area (Å²) < 4.78 is 32.3. The van der Waals surface area contributed by atoms with Crippen molar-refractivity contribution in [2.75, 3.05) is 19.7 Å². The summed E-state index contributed by atoms with van der Waals surface area (Å²) in [5, 5.41) is -0.658. The van der Waals surface area contributed by atoms with Gasteiger partial charge in [-0.15, -0.1) is 6.58 Å². The van der Waals surface area contributed by atoms with Crippen LogP contribution in [0.4, 0.5) is 8.78 Å². The van der Waals surface area contributed by atoms with E-state index in [0.717, 1.165) is 12.1 Å². The van der Waals surface area contributed by atoms with Crippen molar-refractivity contribution in [2.24, 2.45) is 0 Å².